The molecule has 0 saturated heterocycles. The molecule has 96 valence electrons. The van der Waals surface area contributed by atoms with Gasteiger partial charge in [-0.1, -0.05) is 30.3 Å². The number of aliphatic hydroxyl groups is 1. The first-order valence-electron chi connectivity index (χ1n) is 6.22. The number of benzene rings is 1. The zero-order valence-electron chi connectivity index (χ0n) is 11.1. The van der Waals surface area contributed by atoms with Crippen LogP contribution in [0.5, 0.6) is 0 Å². The van der Waals surface area contributed by atoms with Gasteiger partial charge in [0, 0.05) is 12.6 Å². The first-order valence-corrected chi connectivity index (χ1v) is 6.22. The van der Waals surface area contributed by atoms with Crippen molar-refractivity contribution in [3.05, 3.63) is 35.9 Å². The Morgan fingerprint density at radius 1 is 1.29 bits per heavy atom. The van der Waals surface area contributed by atoms with Crippen LogP contribution in [0.15, 0.2) is 30.3 Å². The van der Waals surface area contributed by atoms with Gasteiger partial charge >= 0.3 is 0 Å². The van der Waals surface area contributed by atoms with Crippen molar-refractivity contribution >= 4 is 0 Å². The van der Waals surface area contributed by atoms with Crippen LogP contribution in [0, 0.1) is 0 Å². The number of hydrogen-bond donors (Lipinski definition) is 2. The van der Waals surface area contributed by atoms with Gasteiger partial charge in [0.05, 0.1) is 6.10 Å². The van der Waals surface area contributed by atoms with E-state index in [1.165, 1.54) is 5.56 Å². The van der Waals surface area contributed by atoms with E-state index in [2.05, 4.69) is 34.5 Å². The molecule has 3 nitrogen and oxygen atoms in total. The molecule has 0 fully saturated rings. The minimum atomic E-state index is -0.259. The SMILES string of the molecule is CNC(CCN(C)CC(C)O)c1ccccc1. The van der Waals surface area contributed by atoms with Gasteiger partial charge in [0.15, 0.2) is 0 Å². The second kappa shape index (κ2) is 7.43. The first-order chi connectivity index (χ1) is 8.13. The maximum absolute atomic E-state index is 9.30. The fourth-order valence-electron chi connectivity index (χ4n) is 2.05. The summed E-state index contributed by atoms with van der Waals surface area (Å²) in [4.78, 5) is 2.16. The molecule has 1 aromatic rings. The van der Waals surface area contributed by atoms with E-state index in [-0.39, 0.29) is 6.10 Å². The largest absolute Gasteiger partial charge is 0.392 e. The molecule has 2 N–H and O–H groups in total. The van der Waals surface area contributed by atoms with E-state index >= 15 is 0 Å². The number of aliphatic hydroxyl groups excluding tert-OH is 1. The summed E-state index contributed by atoms with van der Waals surface area (Å²) >= 11 is 0. The number of nitrogens with one attached hydrogen (secondary N) is 1. The number of nitrogens with zero attached hydrogens (tertiary/aromatic N) is 1. The fraction of sp³-hybridized carbons (Fsp3) is 0.571. The number of hydrogen-bond acceptors (Lipinski definition) is 3. The van der Waals surface area contributed by atoms with Gasteiger partial charge in [0.1, 0.15) is 0 Å². The van der Waals surface area contributed by atoms with Crippen LogP contribution in [0.3, 0.4) is 0 Å². The van der Waals surface area contributed by atoms with E-state index in [9.17, 15) is 5.11 Å². The highest BCUT2D eigenvalue weighted by atomic mass is 16.3. The minimum Gasteiger partial charge on any atom is -0.392 e. The fourth-order valence-corrected chi connectivity index (χ4v) is 2.05. The van der Waals surface area contributed by atoms with Gasteiger partial charge in [-0.05, 0) is 39.5 Å². The molecule has 17 heavy (non-hydrogen) atoms. The Labute approximate surface area is 104 Å². The Bertz CT molecular complexity index is 300. The van der Waals surface area contributed by atoms with Crippen LogP contribution < -0.4 is 5.32 Å². The lowest BCUT2D eigenvalue weighted by molar-refractivity contribution is 0.139. The second-order valence-corrected chi connectivity index (χ2v) is 4.65. The van der Waals surface area contributed by atoms with Crippen molar-refractivity contribution in [1.29, 1.82) is 0 Å². The molecule has 0 spiro atoms. The lowest BCUT2D eigenvalue weighted by atomic mass is 10.0. The molecule has 2 unspecified atom stereocenters. The first kappa shape index (κ1) is 14.2. The van der Waals surface area contributed by atoms with Crippen LogP contribution in [0.2, 0.25) is 0 Å². The Morgan fingerprint density at radius 2 is 1.94 bits per heavy atom. The number of likely N-dealkylation sites (N-methyl/N-ethyl adjacent to an activating group) is 1. The summed E-state index contributed by atoms with van der Waals surface area (Å²) in [5.41, 5.74) is 1.32. The summed E-state index contributed by atoms with van der Waals surface area (Å²) in [7, 11) is 4.04. The van der Waals surface area contributed by atoms with Crippen LogP contribution in [0.1, 0.15) is 24.9 Å². The van der Waals surface area contributed by atoms with Crippen molar-refractivity contribution in [3.8, 4) is 0 Å². The van der Waals surface area contributed by atoms with Crippen molar-refractivity contribution in [2.75, 3.05) is 27.2 Å². The monoisotopic (exact) mass is 236 g/mol. The Kier molecular flexibility index (Phi) is 6.19. The highest BCUT2D eigenvalue weighted by molar-refractivity contribution is 5.18. The molecule has 0 aromatic heterocycles. The molecular formula is C14H24N2O. The zero-order valence-corrected chi connectivity index (χ0v) is 11.1. The van der Waals surface area contributed by atoms with Crippen molar-refractivity contribution in [2.45, 2.75) is 25.5 Å². The molecule has 0 saturated carbocycles. The van der Waals surface area contributed by atoms with Crippen molar-refractivity contribution in [2.24, 2.45) is 0 Å². The maximum atomic E-state index is 9.30. The summed E-state index contributed by atoms with van der Waals surface area (Å²) in [6.07, 6.45) is 0.786. The molecule has 0 heterocycles. The van der Waals surface area contributed by atoms with Gasteiger partial charge in [-0.2, -0.15) is 0 Å². The van der Waals surface area contributed by atoms with Gasteiger partial charge in [-0.3, -0.25) is 0 Å². The second-order valence-electron chi connectivity index (χ2n) is 4.65. The molecule has 3 heteroatoms. The van der Waals surface area contributed by atoms with Gasteiger partial charge in [-0.15, -0.1) is 0 Å². The molecule has 0 bridgehead atoms. The van der Waals surface area contributed by atoms with Gasteiger partial charge < -0.3 is 15.3 Å². The lowest BCUT2D eigenvalue weighted by Crippen LogP contribution is -2.30. The van der Waals surface area contributed by atoms with Gasteiger partial charge in [0.2, 0.25) is 0 Å². The molecule has 2 atom stereocenters. The third-order valence-electron chi connectivity index (χ3n) is 2.93. The van der Waals surface area contributed by atoms with Crippen LogP contribution in [-0.4, -0.2) is 43.3 Å². The number of rotatable bonds is 7. The van der Waals surface area contributed by atoms with E-state index in [1.807, 2.05) is 27.1 Å². The maximum Gasteiger partial charge on any atom is 0.0638 e. The lowest BCUT2D eigenvalue weighted by Gasteiger charge is -2.22. The van der Waals surface area contributed by atoms with E-state index in [1.54, 1.807) is 0 Å². The average Bonchev–Trinajstić information content (AvgIpc) is 2.30. The summed E-state index contributed by atoms with van der Waals surface area (Å²) in [5, 5.41) is 12.6. The molecular weight excluding hydrogens is 212 g/mol. The highest BCUT2D eigenvalue weighted by Crippen LogP contribution is 2.15. The van der Waals surface area contributed by atoms with E-state index in [0.717, 1.165) is 19.5 Å². The van der Waals surface area contributed by atoms with Gasteiger partial charge in [0.25, 0.3) is 0 Å². The Balaban J connectivity index is 2.43. The topological polar surface area (TPSA) is 35.5 Å². The van der Waals surface area contributed by atoms with Crippen molar-refractivity contribution in [1.82, 2.24) is 10.2 Å². The van der Waals surface area contributed by atoms with E-state index in [0.29, 0.717) is 6.04 Å². The normalized spacial score (nSPS) is 14.9. The minimum absolute atomic E-state index is 0.259. The predicted molar refractivity (Wildman–Crippen MR) is 72.0 cm³/mol. The van der Waals surface area contributed by atoms with Crippen LogP contribution in [0.4, 0.5) is 0 Å². The van der Waals surface area contributed by atoms with E-state index in [4.69, 9.17) is 0 Å². The summed E-state index contributed by atoms with van der Waals surface area (Å²) in [6.45, 7) is 3.53. The quantitative estimate of drug-likeness (QED) is 0.755. The third-order valence-corrected chi connectivity index (χ3v) is 2.93. The Morgan fingerprint density at radius 3 is 2.47 bits per heavy atom. The van der Waals surface area contributed by atoms with Crippen LogP contribution >= 0.6 is 0 Å². The van der Waals surface area contributed by atoms with Gasteiger partial charge in [-0.25, -0.2) is 0 Å². The molecule has 0 amide bonds. The molecule has 0 radical (unpaired) electrons. The average molecular weight is 236 g/mol. The third kappa shape index (κ3) is 5.31. The van der Waals surface area contributed by atoms with Crippen molar-refractivity contribution < 1.29 is 5.11 Å². The predicted octanol–water partition coefficient (Wildman–Crippen LogP) is 1.65. The molecule has 0 aliphatic heterocycles. The summed E-state index contributed by atoms with van der Waals surface area (Å²) in [6, 6.07) is 10.9. The highest BCUT2D eigenvalue weighted by Gasteiger charge is 2.10. The van der Waals surface area contributed by atoms with Crippen LogP contribution in [0.25, 0.3) is 0 Å². The summed E-state index contributed by atoms with van der Waals surface area (Å²) in [5.74, 6) is 0. The van der Waals surface area contributed by atoms with Crippen LogP contribution in [-0.2, 0) is 0 Å². The van der Waals surface area contributed by atoms with E-state index < -0.39 is 0 Å². The molecule has 0 aliphatic rings. The Hall–Kier alpha value is -0.900. The molecule has 0 aliphatic carbocycles. The molecule has 1 aromatic carbocycles. The smallest absolute Gasteiger partial charge is 0.0638 e. The summed E-state index contributed by atoms with van der Waals surface area (Å²) < 4.78 is 0. The zero-order chi connectivity index (χ0) is 12.7. The standard InChI is InChI=1S/C14H24N2O/c1-12(17)11-16(3)10-9-14(15-2)13-7-5-4-6-8-13/h4-8,12,14-15,17H,9-11H2,1-3H3. The molecule has 1 rings (SSSR count). The van der Waals surface area contributed by atoms with Crippen molar-refractivity contribution in [3.63, 3.8) is 0 Å².